The van der Waals surface area contributed by atoms with E-state index in [0.717, 1.165) is 16.7 Å². The van der Waals surface area contributed by atoms with Gasteiger partial charge in [0.1, 0.15) is 0 Å². The summed E-state index contributed by atoms with van der Waals surface area (Å²) in [6.45, 7) is 0. The van der Waals surface area contributed by atoms with E-state index in [2.05, 4.69) is 5.10 Å². The quantitative estimate of drug-likeness (QED) is 0.911. The number of hydrogen-bond acceptors (Lipinski definition) is 2. The van der Waals surface area contributed by atoms with Crippen molar-refractivity contribution in [1.29, 1.82) is 0 Å². The summed E-state index contributed by atoms with van der Waals surface area (Å²) in [5, 5.41) is 13.8. The fourth-order valence-corrected chi connectivity index (χ4v) is 3.00. The zero-order valence-electron chi connectivity index (χ0n) is 10.8. The predicted molar refractivity (Wildman–Crippen MR) is 70.8 cm³/mol. The first-order valence-electron chi connectivity index (χ1n) is 6.37. The van der Waals surface area contributed by atoms with E-state index in [1.54, 1.807) is 10.9 Å². The van der Waals surface area contributed by atoms with Gasteiger partial charge in [-0.1, -0.05) is 24.3 Å². The van der Waals surface area contributed by atoms with Crippen molar-refractivity contribution in [2.24, 2.45) is 12.5 Å². The highest BCUT2D eigenvalue weighted by Crippen LogP contribution is 2.39. The van der Waals surface area contributed by atoms with E-state index in [-0.39, 0.29) is 0 Å². The van der Waals surface area contributed by atoms with Crippen LogP contribution in [0.5, 0.6) is 0 Å². The molecule has 19 heavy (non-hydrogen) atoms. The number of carbonyl (C=O) groups is 1. The molecule has 0 fully saturated rings. The third-order valence-corrected chi connectivity index (χ3v) is 3.93. The minimum absolute atomic E-state index is 0.533. The molecule has 2 aromatic rings. The van der Waals surface area contributed by atoms with Gasteiger partial charge in [0, 0.05) is 13.2 Å². The van der Waals surface area contributed by atoms with Gasteiger partial charge in [0.25, 0.3) is 0 Å². The van der Waals surface area contributed by atoms with Gasteiger partial charge in [0.2, 0.25) is 0 Å². The number of fused-ring (bicyclic) bond motifs is 1. The second-order valence-electron chi connectivity index (χ2n) is 5.41. The van der Waals surface area contributed by atoms with Crippen LogP contribution < -0.4 is 0 Å². The lowest BCUT2D eigenvalue weighted by Gasteiger charge is -2.23. The van der Waals surface area contributed by atoms with Gasteiger partial charge in [0.05, 0.1) is 11.6 Å². The lowest BCUT2D eigenvalue weighted by Crippen LogP contribution is -2.34. The molecule has 3 rings (SSSR count). The van der Waals surface area contributed by atoms with Crippen LogP contribution in [-0.4, -0.2) is 20.9 Å². The number of rotatable bonds is 3. The number of nitrogens with zero attached hydrogens (tertiary/aromatic N) is 2. The Kier molecular flexibility index (Phi) is 2.66. The molecule has 0 bridgehead atoms. The Morgan fingerprint density at radius 2 is 2.00 bits per heavy atom. The zero-order valence-corrected chi connectivity index (χ0v) is 10.8. The smallest absolute Gasteiger partial charge is 0.310 e. The Balaban J connectivity index is 1.93. The third-order valence-electron chi connectivity index (χ3n) is 3.93. The van der Waals surface area contributed by atoms with E-state index in [1.165, 1.54) is 0 Å². The molecule has 1 N–H and O–H groups in total. The Bertz CT molecular complexity index is 606. The van der Waals surface area contributed by atoms with Crippen LogP contribution in [0.2, 0.25) is 0 Å². The van der Waals surface area contributed by atoms with E-state index in [1.807, 2.05) is 37.5 Å². The molecule has 0 spiro atoms. The van der Waals surface area contributed by atoms with Crippen molar-refractivity contribution in [3.8, 4) is 0 Å². The highest BCUT2D eigenvalue weighted by Gasteiger charge is 2.44. The predicted octanol–water partition coefficient (Wildman–Crippen LogP) is 1.83. The molecule has 1 heterocycles. The van der Waals surface area contributed by atoms with Gasteiger partial charge in [-0.3, -0.25) is 9.48 Å². The first-order chi connectivity index (χ1) is 9.09. The molecule has 4 nitrogen and oxygen atoms in total. The number of carboxylic acid groups (broad SMARTS) is 1. The van der Waals surface area contributed by atoms with Crippen molar-refractivity contribution >= 4 is 5.97 Å². The highest BCUT2D eigenvalue weighted by atomic mass is 16.4. The fourth-order valence-electron chi connectivity index (χ4n) is 3.00. The molecule has 1 aromatic heterocycles. The molecule has 1 aliphatic rings. The summed E-state index contributed by atoms with van der Waals surface area (Å²) in [6, 6.07) is 8.01. The van der Waals surface area contributed by atoms with Gasteiger partial charge in [-0.05, 0) is 36.0 Å². The zero-order chi connectivity index (χ0) is 13.5. The van der Waals surface area contributed by atoms with Crippen LogP contribution in [0.4, 0.5) is 0 Å². The monoisotopic (exact) mass is 256 g/mol. The molecule has 0 saturated heterocycles. The highest BCUT2D eigenvalue weighted by molar-refractivity contribution is 5.77. The van der Waals surface area contributed by atoms with E-state index in [4.69, 9.17) is 0 Å². The summed E-state index contributed by atoms with van der Waals surface area (Å²) in [6.07, 6.45) is 5.40. The van der Waals surface area contributed by atoms with E-state index in [0.29, 0.717) is 19.3 Å². The fraction of sp³-hybridized carbons (Fsp3) is 0.333. The van der Waals surface area contributed by atoms with Crippen molar-refractivity contribution in [1.82, 2.24) is 9.78 Å². The van der Waals surface area contributed by atoms with Crippen molar-refractivity contribution < 1.29 is 9.90 Å². The van der Waals surface area contributed by atoms with E-state index >= 15 is 0 Å². The van der Waals surface area contributed by atoms with Crippen molar-refractivity contribution in [3.05, 3.63) is 53.3 Å². The summed E-state index contributed by atoms with van der Waals surface area (Å²) in [4.78, 5) is 11.8. The molecule has 0 atom stereocenters. The molecule has 1 aromatic carbocycles. The molecule has 0 amide bonds. The van der Waals surface area contributed by atoms with Crippen LogP contribution in [0.15, 0.2) is 36.7 Å². The Morgan fingerprint density at radius 3 is 2.47 bits per heavy atom. The molecule has 1 aliphatic carbocycles. The lowest BCUT2D eigenvalue weighted by atomic mass is 9.79. The molecule has 0 unspecified atom stereocenters. The van der Waals surface area contributed by atoms with E-state index in [9.17, 15) is 9.90 Å². The van der Waals surface area contributed by atoms with Gasteiger partial charge in [-0.2, -0.15) is 5.10 Å². The number of aromatic nitrogens is 2. The average molecular weight is 256 g/mol. The number of aryl methyl sites for hydroxylation is 1. The minimum Gasteiger partial charge on any atom is -0.481 e. The number of benzene rings is 1. The van der Waals surface area contributed by atoms with Gasteiger partial charge < -0.3 is 5.11 Å². The summed E-state index contributed by atoms with van der Waals surface area (Å²) in [5.74, 6) is -0.715. The second kappa shape index (κ2) is 4.23. The minimum atomic E-state index is -0.716. The Hall–Kier alpha value is -2.10. The summed E-state index contributed by atoms with van der Waals surface area (Å²) in [7, 11) is 1.85. The number of hydrogen-bond donors (Lipinski definition) is 1. The van der Waals surface area contributed by atoms with Crippen molar-refractivity contribution in [3.63, 3.8) is 0 Å². The second-order valence-corrected chi connectivity index (χ2v) is 5.41. The maximum atomic E-state index is 11.8. The summed E-state index contributed by atoms with van der Waals surface area (Å²) < 4.78 is 1.72. The van der Waals surface area contributed by atoms with Crippen molar-refractivity contribution in [2.45, 2.75) is 19.3 Å². The van der Waals surface area contributed by atoms with Gasteiger partial charge in [-0.25, -0.2) is 0 Å². The third kappa shape index (κ3) is 2.03. The largest absolute Gasteiger partial charge is 0.481 e. The van der Waals surface area contributed by atoms with Crippen LogP contribution >= 0.6 is 0 Å². The van der Waals surface area contributed by atoms with Crippen LogP contribution in [0.3, 0.4) is 0 Å². The molecular weight excluding hydrogens is 240 g/mol. The number of carboxylic acids is 1. The SMILES string of the molecule is Cn1cc(CC2(C(=O)O)Cc3ccccc3C2)cn1. The first kappa shape index (κ1) is 12.0. The van der Waals surface area contributed by atoms with Crippen molar-refractivity contribution in [2.75, 3.05) is 0 Å². The standard InChI is InChI=1S/C15H16N2O2/c1-17-10-11(9-16-17)6-15(14(18)19)7-12-4-2-3-5-13(12)8-15/h2-5,9-10H,6-8H2,1H3,(H,18,19). The van der Waals surface area contributed by atoms with Crippen LogP contribution in [0.25, 0.3) is 0 Å². The van der Waals surface area contributed by atoms with Crippen LogP contribution in [0.1, 0.15) is 16.7 Å². The first-order valence-corrected chi connectivity index (χ1v) is 6.37. The molecule has 4 heteroatoms. The van der Waals surface area contributed by atoms with Gasteiger partial charge >= 0.3 is 5.97 Å². The van der Waals surface area contributed by atoms with Crippen LogP contribution in [0, 0.1) is 5.41 Å². The summed E-state index contributed by atoms with van der Waals surface area (Å²) >= 11 is 0. The maximum Gasteiger partial charge on any atom is 0.310 e. The van der Waals surface area contributed by atoms with Crippen LogP contribution in [-0.2, 0) is 31.1 Å². The lowest BCUT2D eigenvalue weighted by molar-refractivity contribution is -0.148. The van der Waals surface area contributed by atoms with E-state index < -0.39 is 11.4 Å². The number of aliphatic carboxylic acids is 1. The topological polar surface area (TPSA) is 55.1 Å². The molecular formula is C15H16N2O2. The molecule has 0 saturated carbocycles. The maximum absolute atomic E-state index is 11.8. The normalized spacial score (nSPS) is 16.3. The average Bonchev–Trinajstić information content (AvgIpc) is 2.93. The molecule has 98 valence electrons. The summed E-state index contributed by atoms with van der Waals surface area (Å²) in [5.41, 5.74) is 2.59. The molecule has 0 aliphatic heterocycles. The Labute approximate surface area is 111 Å². The molecule has 0 radical (unpaired) electrons. The van der Waals surface area contributed by atoms with Gasteiger partial charge in [-0.15, -0.1) is 0 Å². The van der Waals surface area contributed by atoms with Gasteiger partial charge in [0.15, 0.2) is 0 Å². The Morgan fingerprint density at radius 1 is 1.37 bits per heavy atom.